The van der Waals surface area contributed by atoms with Crippen LogP contribution in [-0.2, 0) is 4.74 Å². The number of hydrogen-bond acceptors (Lipinski definition) is 3. The number of rotatable bonds is 6. The van der Waals surface area contributed by atoms with E-state index < -0.39 is 11.6 Å². The first kappa shape index (κ1) is 20.9. The molecule has 0 saturated carbocycles. The molecular formula is C16H25F2IN4O. The normalized spacial score (nSPS) is 17.6. The van der Waals surface area contributed by atoms with E-state index in [1.165, 1.54) is 12.1 Å². The minimum atomic E-state index is -0.556. The van der Waals surface area contributed by atoms with Gasteiger partial charge >= 0.3 is 0 Å². The molecule has 1 unspecified atom stereocenters. The molecule has 0 bridgehead atoms. The van der Waals surface area contributed by atoms with Gasteiger partial charge in [-0.2, -0.15) is 0 Å². The molecule has 1 fully saturated rings. The maximum Gasteiger partial charge on any atom is 0.191 e. The second kappa shape index (κ2) is 10.7. The zero-order valence-electron chi connectivity index (χ0n) is 14.0. The lowest BCUT2D eigenvalue weighted by atomic mass is 10.2. The fraction of sp³-hybridized carbons (Fsp3) is 0.562. The van der Waals surface area contributed by atoms with Crippen LogP contribution in [0.3, 0.4) is 0 Å². The molecule has 2 rings (SSSR count). The molecular weight excluding hydrogens is 429 g/mol. The van der Waals surface area contributed by atoms with Crippen LogP contribution in [-0.4, -0.2) is 51.9 Å². The predicted octanol–water partition coefficient (Wildman–Crippen LogP) is 2.36. The van der Waals surface area contributed by atoms with Crippen LogP contribution in [0.15, 0.2) is 23.2 Å². The summed E-state index contributed by atoms with van der Waals surface area (Å²) in [7, 11) is 1.64. The van der Waals surface area contributed by atoms with Gasteiger partial charge in [-0.05, 0) is 25.5 Å². The van der Waals surface area contributed by atoms with Gasteiger partial charge in [0.1, 0.15) is 11.6 Å². The van der Waals surface area contributed by atoms with Crippen molar-refractivity contribution < 1.29 is 13.5 Å². The van der Waals surface area contributed by atoms with Crippen molar-refractivity contribution in [2.45, 2.75) is 19.4 Å². The number of nitrogens with zero attached hydrogens (tertiary/aromatic N) is 2. The Morgan fingerprint density at radius 2 is 2.21 bits per heavy atom. The summed E-state index contributed by atoms with van der Waals surface area (Å²) in [6.07, 6.45) is 0.867. The van der Waals surface area contributed by atoms with Crippen molar-refractivity contribution in [3.05, 3.63) is 29.8 Å². The molecule has 1 aliphatic heterocycles. The van der Waals surface area contributed by atoms with Crippen LogP contribution in [0, 0.1) is 11.6 Å². The van der Waals surface area contributed by atoms with Gasteiger partial charge in [-0.15, -0.1) is 24.0 Å². The lowest BCUT2D eigenvalue weighted by Crippen LogP contribution is -2.44. The molecule has 0 aliphatic carbocycles. The average molecular weight is 454 g/mol. The van der Waals surface area contributed by atoms with Gasteiger partial charge in [0.2, 0.25) is 0 Å². The van der Waals surface area contributed by atoms with Crippen molar-refractivity contribution in [3.8, 4) is 0 Å². The molecule has 1 atom stereocenters. The Kier molecular flexibility index (Phi) is 9.27. The fourth-order valence-corrected chi connectivity index (χ4v) is 2.60. The van der Waals surface area contributed by atoms with Gasteiger partial charge in [-0.25, -0.2) is 8.78 Å². The van der Waals surface area contributed by atoms with Crippen molar-refractivity contribution in [3.63, 3.8) is 0 Å². The Morgan fingerprint density at radius 3 is 2.88 bits per heavy atom. The Hall–Kier alpha value is -1.16. The third-order valence-corrected chi connectivity index (χ3v) is 3.69. The molecule has 24 heavy (non-hydrogen) atoms. The van der Waals surface area contributed by atoms with Crippen molar-refractivity contribution in [2.24, 2.45) is 4.99 Å². The van der Waals surface area contributed by atoms with Crippen molar-refractivity contribution in [1.29, 1.82) is 0 Å². The summed E-state index contributed by atoms with van der Waals surface area (Å²) in [5.41, 5.74) is 0.442. The van der Waals surface area contributed by atoms with E-state index in [1.807, 2.05) is 11.8 Å². The summed E-state index contributed by atoms with van der Waals surface area (Å²) in [5.74, 6) is -0.345. The monoisotopic (exact) mass is 454 g/mol. The first-order valence-corrected chi connectivity index (χ1v) is 7.87. The summed E-state index contributed by atoms with van der Waals surface area (Å²) >= 11 is 0. The molecule has 136 valence electrons. The lowest BCUT2D eigenvalue weighted by molar-refractivity contribution is 0.208. The van der Waals surface area contributed by atoms with Crippen LogP contribution in [0.2, 0.25) is 0 Å². The maximum absolute atomic E-state index is 13.9. The van der Waals surface area contributed by atoms with E-state index in [-0.39, 0.29) is 30.0 Å². The predicted molar refractivity (Wildman–Crippen MR) is 103 cm³/mol. The van der Waals surface area contributed by atoms with Gasteiger partial charge in [-0.1, -0.05) is 0 Å². The third-order valence-electron chi connectivity index (χ3n) is 3.69. The molecule has 8 heteroatoms. The molecule has 5 nitrogen and oxygen atoms in total. The summed E-state index contributed by atoms with van der Waals surface area (Å²) in [5, 5.41) is 6.53. The van der Waals surface area contributed by atoms with Gasteiger partial charge < -0.3 is 20.3 Å². The largest absolute Gasteiger partial charge is 0.383 e. The number of methoxy groups -OCH3 is 1. The molecule has 0 radical (unpaired) electrons. The van der Waals surface area contributed by atoms with Gasteiger partial charge in [0.15, 0.2) is 5.96 Å². The van der Waals surface area contributed by atoms with Crippen molar-refractivity contribution in [1.82, 2.24) is 10.6 Å². The second-order valence-electron chi connectivity index (χ2n) is 5.43. The van der Waals surface area contributed by atoms with Crippen LogP contribution >= 0.6 is 24.0 Å². The SMILES string of the molecule is CCNC(=NCCOC)NC1CCN(c2ccc(F)cc2F)C1.I. The maximum atomic E-state index is 13.9. The highest BCUT2D eigenvalue weighted by atomic mass is 127. The van der Waals surface area contributed by atoms with Crippen LogP contribution < -0.4 is 15.5 Å². The lowest BCUT2D eigenvalue weighted by Gasteiger charge is -2.21. The van der Waals surface area contributed by atoms with E-state index in [9.17, 15) is 8.78 Å². The van der Waals surface area contributed by atoms with Crippen molar-refractivity contribution in [2.75, 3.05) is 44.8 Å². The first-order chi connectivity index (χ1) is 11.1. The number of nitrogens with one attached hydrogen (secondary N) is 2. The molecule has 1 aliphatic rings. The zero-order chi connectivity index (χ0) is 16.7. The highest BCUT2D eigenvalue weighted by Crippen LogP contribution is 2.24. The Bertz CT molecular complexity index is 545. The van der Waals surface area contributed by atoms with E-state index in [2.05, 4.69) is 15.6 Å². The van der Waals surface area contributed by atoms with Crippen LogP contribution in [0.25, 0.3) is 0 Å². The van der Waals surface area contributed by atoms with E-state index in [0.717, 1.165) is 31.5 Å². The number of benzene rings is 1. The molecule has 1 aromatic rings. The minimum absolute atomic E-state index is 0. The number of aliphatic imine (C=N–C) groups is 1. The highest BCUT2D eigenvalue weighted by Gasteiger charge is 2.25. The molecule has 0 aromatic heterocycles. The van der Waals surface area contributed by atoms with Crippen LogP contribution in [0.5, 0.6) is 0 Å². The zero-order valence-corrected chi connectivity index (χ0v) is 16.3. The topological polar surface area (TPSA) is 48.9 Å². The number of hydrogen-bond donors (Lipinski definition) is 2. The average Bonchev–Trinajstić information content (AvgIpc) is 2.96. The Balaban J connectivity index is 0.00000288. The van der Waals surface area contributed by atoms with E-state index >= 15 is 0 Å². The van der Waals surface area contributed by atoms with Gasteiger partial charge in [-0.3, -0.25) is 4.99 Å². The summed E-state index contributed by atoms with van der Waals surface area (Å²) in [6, 6.07) is 3.87. The highest BCUT2D eigenvalue weighted by molar-refractivity contribution is 14.0. The Labute approximate surface area is 158 Å². The molecule has 1 aromatic carbocycles. The molecule has 1 heterocycles. The molecule has 2 N–H and O–H groups in total. The number of anilines is 1. The second-order valence-corrected chi connectivity index (χ2v) is 5.43. The molecule has 0 spiro atoms. The molecule has 1 saturated heterocycles. The van der Waals surface area contributed by atoms with E-state index in [1.54, 1.807) is 7.11 Å². The molecule has 0 amide bonds. The van der Waals surface area contributed by atoms with Crippen LogP contribution in [0.1, 0.15) is 13.3 Å². The Morgan fingerprint density at radius 1 is 1.42 bits per heavy atom. The smallest absolute Gasteiger partial charge is 0.191 e. The van der Waals surface area contributed by atoms with Crippen molar-refractivity contribution >= 4 is 35.6 Å². The van der Waals surface area contributed by atoms with Gasteiger partial charge in [0.05, 0.1) is 18.8 Å². The number of guanidine groups is 1. The van der Waals surface area contributed by atoms with Gasteiger partial charge in [0, 0.05) is 38.9 Å². The first-order valence-electron chi connectivity index (χ1n) is 7.87. The van der Waals surface area contributed by atoms with Crippen LogP contribution in [0.4, 0.5) is 14.5 Å². The number of ether oxygens (including phenoxy) is 1. The van der Waals surface area contributed by atoms with E-state index in [0.29, 0.717) is 25.4 Å². The standard InChI is InChI=1S/C16H24F2N4O.HI/c1-3-19-16(20-7-9-23-2)21-13-6-8-22(11-13)15-5-4-12(17)10-14(15)18;/h4-5,10,13H,3,6-9,11H2,1-2H3,(H2,19,20,21);1H. The summed E-state index contributed by atoms with van der Waals surface area (Å²) in [4.78, 5) is 6.34. The minimum Gasteiger partial charge on any atom is -0.383 e. The van der Waals surface area contributed by atoms with Gasteiger partial charge in [0.25, 0.3) is 0 Å². The quantitative estimate of drug-likeness (QED) is 0.300. The third kappa shape index (κ3) is 6.04. The fourth-order valence-electron chi connectivity index (χ4n) is 2.60. The summed E-state index contributed by atoms with van der Waals surface area (Å²) in [6.45, 7) is 5.28. The van der Waals surface area contributed by atoms with E-state index in [4.69, 9.17) is 4.74 Å². The number of halogens is 3. The summed E-state index contributed by atoms with van der Waals surface area (Å²) < 4.78 is 31.9.